The van der Waals surface area contributed by atoms with Crippen LogP contribution >= 0.6 is 0 Å². The van der Waals surface area contributed by atoms with Crippen LogP contribution in [0.2, 0.25) is 0 Å². The number of halogens is 2. The molecule has 9 heteroatoms. The summed E-state index contributed by atoms with van der Waals surface area (Å²) in [7, 11) is 0. The van der Waals surface area contributed by atoms with Crippen LogP contribution in [0, 0.1) is 11.8 Å². The number of hydrogen-bond donors (Lipinski definition) is 1. The van der Waals surface area contributed by atoms with E-state index in [2.05, 4.69) is 34.5 Å². The second-order valence-electron chi connectivity index (χ2n) is 11.4. The highest BCUT2D eigenvalue weighted by Crippen LogP contribution is 2.31. The SMILES string of the molecule is CC(C)CCc1c(C(F)F)n(CCC2CCCCC2)c(=O)n1Cc1ccc(-c2ccccc2-c2nnn[nH]2)cc1. The van der Waals surface area contributed by atoms with Gasteiger partial charge in [0.25, 0.3) is 6.43 Å². The lowest BCUT2D eigenvalue weighted by Gasteiger charge is -2.21. The molecule has 0 aliphatic heterocycles. The fourth-order valence-corrected chi connectivity index (χ4v) is 5.94. The van der Waals surface area contributed by atoms with Gasteiger partial charge in [0.2, 0.25) is 0 Å². The van der Waals surface area contributed by atoms with Crippen molar-refractivity contribution in [3.8, 4) is 22.5 Å². The number of aromatic nitrogens is 6. The largest absolute Gasteiger partial charge is 0.329 e. The Balaban J connectivity index is 1.45. The Hall–Kier alpha value is -3.62. The smallest absolute Gasteiger partial charge is 0.291 e. The van der Waals surface area contributed by atoms with Crippen molar-refractivity contribution >= 4 is 0 Å². The number of hydrogen-bond acceptors (Lipinski definition) is 4. The van der Waals surface area contributed by atoms with Gasteiger partial charge in [-0.15, -0.1) is 5.10 Å². The third-order valence-electron chi connectivity index (χ3n) is 8.16. The first-order valence-corrected chi connectivity index (χ1v) is 14.4. The predicted octanol–water partition coefficient (Wildman–Crippen LogP) is 7.04. The summed E-state index contributed by atoms with van der Waals surface area (Å²) >= 11 is 0. The Labute approximate surface area is 233 Å². The standard InChI is InChI=1S/C31H38F2N6O/c1-21(2)12-17-27-28(29(32)33)38(19-18-22-8-4-3-5-9-22)31(40)39(27)20-23-13-15-24(16-14-23)25-10-6-7-11-26(25)30-34-36-37-35-30/h6-7,10-11,13-16,21-22,29H,3-5,8-9,12,17-20H2,1-2H3,(H,34,35,36,37). The van der Waals surface area contributed by atoms with Gasteiger partial charge in [-0.05, 0) is 58.2 Å². The number of benzene rings is 2. The Morgan fingerprint density at radius 1 is 0.975 bits per heavy atom. The van der Waals surface area contributed by atoms with Crippen LogP contribution in [-0.2, 0) is 19.5 Å². The molecule has 0 atom stereocenters. The number of imidazole rings is 1. The van der Waals surface area contributed by atoms with Crippen LogP contribution in [-0.4, -0.2) is 29.8 Å². The molecule has 40 heavy (non-hydrogen) atoms. The van der Waals surface area contributed by atoms with E-state index in [-0.39, 0.29) is 17.9 Å². The minimum Gasteiger partial charge on any atom is -0.291 e. The first-order valence-electron chi connectivity index (χ1n) is 14.4. The van der Waals surface area contributed by atoms with Crippen molar-refractivity contribution in [2.45, 2.75) is 84.7 Å². The Morgan fingerprint density at radius 3 is 2.35 bits per heavy atom. The fraction of sp³-hybridized carbons (Fsp3) is 0.484. The van der Waals surface area contributed by atoms with Gasteiger partial charge in [0.1, 0.15) is 5.69 Å². The van der Waals surface area contributed by atoms with Gasteiger partial charge in [0.15, 0.2) is 5.82 Å². The van der Waals surface area contributed by atoms with Gasteiger partial charge in [-0.1, -0.05) is 94.5 Å². The summed E-state index contributed by atoms with van der Waals surface area (Å²) in [6.45, 7) is 4.78. The molecule has 1 saturated carbocycles. The third kappa shape index (κ3) is 6.24. The maximum atomic E-state index is 14.5. The number of alkyl halides is 2. The number of aromatic amines is 1. The summed E-state index contributed by atoms with van der Waals surface area (Å²) in [5.74, 6) is 1.44. The highest BCUT2D eigenvalue weighted by Gasteiger charge is 2.27. The first-order chi connectivity index (χ1) is 19.4. The van der Waals surface area contributed by atoms with Crippen LogP contribution in [0.5, 0.6) is 0 Å². The Morgan fingerprint density at radius 2 is 1.70 bits per heavy atom. The molecule has 0 unspecified atom stereocenters. The summed E-state index contributed by atoms with van der Waals surface area (Å²) in [5, 5.41) is 14.2. The second kappa shape index (κ2) is 12.7. The predicted molar refractivity (Wildman–Crippen MR) is 152 cm³/mol. The molecule has 1 N–H and O–H groups in total. The van der Waals surface area contributed by atoms with Crippen molar-refractivity contribution in [1.82, 2.24) is 29.8 Å². The van der Waals surface area contributed by atoms with Gasteiger partial charge in [-0.2, -0.15) is 0 Å². The summed E-state index contributed by atoms with van der Waals surface area (Å²) in [6, 6.07) is 15.8. The number of tetrazole rings is 1. The van der Waals surface area contributed by atoms with E-state index in [4.69, 9.17) is 0 Å². The molecule has 2 aromatic heterocycles. The van der Waals surface area contributed by atoms with Crippen LogP contribution in [0.25, 0.3) is 22.5 Å². The molecule has 2 heterocycles. The van der Waals surface area contributed by atoms with E-state index < -0.39 is 6.43 Å². The zero-order valence-electron chi connectivity index (χ0n) is 23.3. The highest BCUT2D eigenvalue weighted by atomic mass is 19.3. The van der Waals surface area contributed by atoms with Crippen LogP contribution in [0.15, 0.2) is 53.3 Å². The number of nitrogens with zero attached hydrogens (tertiary/aromatic N) is 5. The summed E-state index contributed by atoms with van der Waals surface area (Å²) in [5.41, 5.74) is 3.77. The normalized spacial score (nSPS) is 14.4. The van der Waals surface area contributed by atoms with Crippen LogP contribution in [0.1, 0.15) is 82.2 Å². The van der Waals surface area contributed by atoms with Gasteiger partial charge < -0.3 is 0 Å². The van der Waals surface area contributed by atoms with E-state index in [1.807, 2.05) is 48.5 Å². The molecule has 7 nitrogen and oxygen atoms in total. The molecule has 5 rings (SSSR count). The van der Waals surface area contributed by atoms with E-state index in [1.54, 1.807) is 4.57 Å². The lowest BCUT2D eigenvalue weighted by molar-refractivity contribution is 0.138. The molecule has 0 saturated heterocycles. The van der Waals surface area contributed by atoms with Gasteiger partial charge >= 0.3 is 5.69 Å². The third-order valence-corrected chi connectivity index (χ3v) is 8.16. The molecule has 2 aromatic carbocycles. The van der Waals surface area contributed by atoms with Gasteiger partial charge in [-0.3, -0.25) is 9.13 Å². The minimum atomic E-state index is -2.69. The van der Waals surface area contributed by atoms with Gasteiger partial charge in [0.05, 0.1) is 6.54 Å². The number of rotatable bonds is 11. The van der Waals surface area contributed by atoms with Gasteiger partial charge in [-0.25, -0.2) is 18.7 Å². The van der Waals surface area contributed by atoms with Crippen LogP contribution in [0.4, 0.5) is 8.78 Å². The molecule has 4 aromatic rings. The van der Waals surface area contributed by atoms with E-state index in [1.165, 1.54) is 23.8 Å². The monoisotopic (exact) mass is 548 g/mol. The molecular formula is C31H38F2N6O. The highest BCUT2D eigenvalue weighted by molar-refractivity contribution is 5.80. The fourth-order valence-electron chi connectivity index (χ4n) is 5.94. The van der Waals surface area contributed by atoms with E-state index in [9.17, 15) is 13.6 Å². The van der Waals surface area contributed by atoms with Crippen molar-refractivity contribution in [3.05, 3.63) is 76.0 Å². The van der Waals surface area contributed by atoms with Gasteiger partial charge in [0, 0.05) is 17.8 Å². The minimum absolute atomic E-state index is 0.0901. The van der Waals surface area contributed by atoms with Crippen molar-refractivity contribution in [1.29, 1.82) is 0 Å². The molecule has 1 aliphatic carbocycles. The molecule has 0 bridgehead atoms. The second-order valence-corrected chi connectivity index (χ2v) is 11.4. The van der Waals surface area contributed by atoms with Crippen molar-refractivity contribution in [3.63, 3.8) is 0 Å². The van der Waals surface area contributed by atoms with Crippen LogP contribution in [0.3, 0.4) is 0 Å². The van der Waals surface area contributed by atoms with Crippen LogP contribution < -0.4 is 5.69 Å². The lowest BCUT2D eigenvalue weighted by atomic mass is 9.87. The quantitative estimate of drug-likeness (QED) is 0.218. The van der Waals surface area contributed by atoms with Crippen molar-refractivity contribution < 1.29 is 8.78 Å². The molecule has 0 amide bonds. The Kier molecular flexibility index (Phi) is 8.87. The van der Waals surface area contributed by atoms with E-state index >= 15 is 0 Å². The summed E-state index contributed by atoms with van der Waals surface area (Å²) < 4.78 is 32.0. The molecule has 1 fully saturated rings. The Bertz CT molecular complexity index is 1430. The molecule has 212 valence electrons. The summed E-state index contributed by atoms with van der Waals surface area (Å²) in [6.07, 6.45) is 5.18. The molecule has 1 aliphatic rings. The lowest BCUT2D eigenvalue weighted by Crippen LogP contribution is -2.27. The van der Waals surface area contributed by atoms with Crippen molar-refractivity contribution in [2.24, 2.45) is 11.8 Å². The maximum Gasteiger partial charge on any atom is 0.329 e. The maximum absolute atomic E-state index is 14.5. The summed E-state index contributed by atoms with van der Waals surface area (Å²) in [4.78, 5) is 13.7. The first kappa shape index (κ1) is 27.9. The topological polar surface area (TPSA) is 81.4 Å². The zero-order chi connectivity index (χ0) is 28.1. The molecule has 0 spiro atoms. The average molecular weight is 549 g/mol. The number of nitrogens with one attached hydrogen (secondary N) is 1. The number of H-pyrrole nitrogens is 1. The molecular weight excluding hydrogens is 510 g/mol. The molecule has 0 radical (unpaired) electrons. The van der Waals surface area contributed by atoms with E-state index in [0.29, 0.717) is 36.3 Å². The van der Waals surface area contributed by atoms with E-state index in [0.717, 1.165) is 47.9 Å². The van der Waals surface area contributed by atoms with Crippen molar-refractivity contribution in [2.75, 3.05) is 0 Å². The zero-order valence-corrected chi connectivity index (χ0v) is 23.3. The average Bonchev–Trinajstić information content (AvgIpc) is 3.59.